The molecular weight excluding hydrogens is 252 g/mol. The van der Waals surface area contributed by atoms with Gasteiger partial charge in [-0.05, 0) is 26.0 Å². The molecule has 20 heavy (non-hydrogen) atoms. The molecule has 0 atom stereocenters. The second-order valence-corrected chi connectivity index (χ2v) is 4.49. The number of hydrogen-bond acceptors (Lipinski definition) is 2. The van der Waals surface area contributed by atoms with Crippen molar-refractivity contribution in [2.24, 2.45) is 0 Å². The summed E-state index contributed by atoms with van der Waals surface area (Å²) in [4.78, 5) is 24.8. The zero-order chi connectivity index (χ0) is 15.0. The molecular formula is C16H20N2O2. The van der Waals surface area contributed by atoms with Gasteiger partial charge in [0.25, 0.3) is 0 Å². The maximum absolute atomic E-state index is 11.8. The predicted octanol–water partition coefficient (Wildman–Crippen LogP) is 2.52. The lowest BCUT2D eigenvalue weighted by molar-refractivity contribution is -0.129. The third kappa shape index (κ3) is 5.52. The molecule has 0 unspecified atom stereocenters. The van der Waals surface area contributed by atoms with Crippen LogP contribution < -0.4 is 5.32 Å². The van der Waals surface area contributed by atoms with Crippen LogP contribution in [-0.4, -0.2) is 30.3 Å². The molecule has 1 N–H and O–H groups in total. The number of benzene rings is 1. The number of carbonyl (C=O) groups is 2. The van der Waals surface area contributed by atoms with Crippen LogP contribution in [0.1, 0.15) is 12.5 Å². The number of nitrogens with one attached hydrogen (secondary N) is 1. The molecule has 0 saturated carbocycles. The minimum atomic E-state index is -0.218. The Kier molecular flexibility index (Phi) is 6.23. The van der Waals surface area contributed by atoms with Gasteiger partial charge in [-0.15, -0.1) is 0 Å². The summed E-state index contributed by atoms with van der Waals surface area (Å²) in [7, 11) is 1.59. The molecule has 1 rings (SSSR count). The Balaban J connectivity index is 2.49. The quantitative estimate of drug-likeness (QED) is 0.661. The van der Waals surface area contributed by atoms with Crippen LogP contribution in [0.2, 0.25) is 0 Å². The van der Waals surface area contributed by atoms with Gasteiger partial charge in [0.2, 0.25) is 11.8 Å². The Bertz CT molecular complexity index is 516. The van der Waals surface area contributed by atoms with E-state index in [0.717, 1.165) is 11.3 Å². The molecule has 0 fully saturated rings. The van der Waals surface area contributed by atoms with Gasteiger partial charge in [0.1, 0.15) is 0 Å². The maximum atomic E-state index is 11.8. The summed E-state index contributed by atoms with van der Waals surface area (Å²) >= 11 is 0. The molecule has 0 bridgehead atoms. The molecule has 2 amide bonds. The molecule has 0 aliphatic rings. The van der Waals surface area contributed by atoms with Gasteiger partial charge in [0, 0.05) is 18.8 Å². The molecule has 0 saturated heterocycles. The molecule has 0 aliphatic heterocycles. The summed E-state index contributed by atoms with van der Waals surface area (Å²) in [6.07, 6.45) is 6.67. The first-order valence-corrected chi connectivity index (χ1v) is 6.44. The van der Waals surface area contributed by atoms with Crippen LogP contribution in [0.5, 0.6) is 0 Å². The van der Waals surface area contributed by atoms with Gasteiger partial charge in [-0.1, -0.05) is 35.9 Å². The first-order chi connectivity index (χ1) is 9.52. The van der Waals surface area contributed by atoms with E-state index in [1.807, 2.05) is 44.2 Å². The first-order valence-electron chi connectivity index (χ1n) is 6.44. The molecule has 0 aliphatic carbocycles. The highest BCUT2D eigenvalue weighted by molar-refractivity contribution is 5.96. The summed E-state index contributed by atoms with van der Waals surface area (Å²) in [5, 5.41) is 2.75. The highest BCUT2D eigenvalue weighted by Crippen LogP contribution is 2.08. The predicted molar refractivity (Wildman–Crippen MR) is 81.4 cm³/mol. The van der Waals surface area contributed by atoms with Crippen molar-refractivity contribution in [2.75, 3.05) is 18.9 Å². The zero-order valence-corrected chi connectivity index (χ0v) is 12.1. The standard InChI is InChI=1S/C16H20N2O2/c1-4-5-6-7-16(20)18(3)12-15(19)17-14-10-8-13(2)9-11-14/h4-11H,12H2,1-3H3,(H,17,19). The molecule has 4 heteroatoms. The van der Waals surface area contributed by atoms with Crippen molar-refractivity contribution in [3.8, 4) is 0 Å². The fourth-order valence-electron chi connectivity index (χ4n) is 1.51. The number of allylic oxidation sites excluding steroid dienone is 3. The lowest BCUT2D eigenvalue weighted by atomic mass is 10.2. The molecule has 1 aromatic carbocycles. The number of rotatable bonds is 5. The SMILES string of the molecule is CC=CC=CC(=O)N(C)CC(=O)Nc1ccc(C)cc1. The van der Waals surface area contributed by atoms with Crippen molar-refractivity contribution < 1.29 is 9.59 Å². The van der Waals surface area contributed by atoms with Crippen molar-refractivity contribution in [3.05, 3.63) is 54.1 Å². The molecule has 106 valence electrons. The Hall–Kier alpha value is -2.36. The first kappa shape index (κ1) is 15.7. The minimum absolute atomic E-state index is 0.0207. The van der Waals surface area contributed by atoms with Gasteiger partial charge < -0.3 is 10.2 Å². The number of carbonyl (C=O) groups excluding carboxylic acids is 2. The number of likely N-dealkylation sites (N-methyl/N-ethyl adjacent to an activating group) is 1. The number of aryl methyl sites for hydroxylation is 1. The van der Waals surface area contributed by atoms with Crippen molar-refractivity contribution in [2.45, 2.75) is 13.8 Å². The highest BCUT2D eigenvalue weighted by Gasteiger charge is 2.10. The number of hydrogen-bond donors (Lipinski definition) is 1. The van der Waals surface area contributed by atoms with Crippen LogP contribution in [0, 0.1) is 6.92 Å². The average Bonchev–Trinajstić information content (AvgIpc) is 2.41. The number of anilines is 1. The zero-order valence-electron chi connectivity index (χ0n) is 12.1. The largest absolute Gasteiger partial charge is 0.333 e. The number of amides is 2. The van der Waals surface area contributed by atoms with Crippen LogP contribution in [0.4, 0.5) is 5.69 Å². The van der Waals surface area contributed by atoms with Crippen molar-refractivity contribution in [1.82, 2.24) is 4.90 Å². The maximum Gasteiger partial charge on any atom is 0.246 e. The Morgan fingerprint density at radius 1 is 1.20 bits per heavy atom. The van der Waals surface area contributed by atoms with E-state index in [2.05, 4.69) is 5.32 Å². The molecule has 0 heterocycles. The van der Waals surface area contributed by atoms with Gasteiger partial charge in [-0.25, -0.2) is 0 Å². The van der Waals surface area contributed by atoms with Crippen LogP contribution in [-0.2, 0) is 9.59 Å². The fourth-order valence-corrected chi connectivity index (χ4v) is 1.51. The molecule has 1 aromatic rings. The second kappa shape index (κ2) is 7.94. The van der Waals surface area contributed by atoms with E-state index in [1.165, 1.54) is 11.0 Å². The third-order valence-corrected chi connectivity index (χ3v) is 2.63. The minimum Gasteiger partial charge on any atom is -0.333 e. The fraction of sp³-hybridized carbons (Fsp3) is 0.250. The Morgan fingerprint density at radius 3 is 2.45 bits per heavy atom. The lowest BCUT2D eigenvalue weighted by Crippen LogP contribution is -2.33. The van der Waals surface area contributed by atoms with Crippen LogP contribution in [0.3, 0.4) is 0 Å². The monoisotopic (exact) mass is 272 g/mol. The van der Waals surface area contributed by atoms with E-state index in [0.29, 0.717) is 0 Å². The lowest BCUT2D eigenvalue weighted by Gasteiger charge is -2.14. The summed E-state index contributed by atoms with van der Waals surface area (Å²) < 4.78 is 0. The second-order valence-electron chi connectivity index (χ2n) is 4.49. The van der Waals surface area contributed by atoms with Crippen LogP contribution >= 0.6 is 0 Å². The molecule has 0 spiro atoms. The smallest absolute Gasteiger partial charge is 0.246 e. The van der Waals surface area contributed by atoms with Crippen molar-refractivity contribution in [3.63, 3.8) is 0 Å². The normalized spacial score (nSPS) is 10.9. The molecule has 0 aromatic heterocycles. The van der Waals surface area contributed by atoms with Crippen LogP contribution in [0.15, 0.2) is 48.6 Å². The average molecular weight is 272 g/mol. The highest BCUT2D eigenvalue weighted by atomic mass is 16.2. The summed E-state index contributed by atoms with van der Waals surface area (Å²) in [5.74, 6) is -0.425. The van der Waals surface area contributed by atoms with E-state index >= 15 is 0 Å². The van der Waals surface area contributed by atoms with E-state index < -0.39 is 0 Å². The third-order valence-electron chi connectivity index (χ3n) is 2.63. The van der Waals surface area contributed by atoms with Gasteiger partial charge in [0.15, 0.2) is 0 Å². The van der Waals surface area contributed by atoms with Crippen molar-refractivity contribution in [1.29, 1.82) is 0 Å². The summed E-state index contributed by atoms with van der Waals surface area (Å²) in [5.41, 5.74) is 1.86. The summed E-state index contributed by atoms with van der Waals surface area (Å²) in [6, 6.07) is 7.51. The van der Waals surface area contributed by atoms with Gasteiger partial charge in [-0.2, -0.15) is 0 Å². The van der Waals surface area contributed by atoms with E-state index in [-0.39, 0.29) is 18.4 Å². The van der Waals surface area contributed by atoms with Crippen LogP contribution in [0.25, 0.3) is 0 Å². The number of nitrogens with zero attached hydrogens (tertiary/aromatic N) is 1. The summed E-state index contributed by atoms with van der Waals surface area (Å²) in [6.45, 7) is 3.87. The molecule has 4 nitrogen and oxygen atoms in total. The van der Waals surface area contributed by atoms with E-state index in [4.69, 9.17) is 0 Å². The van der Waals surface area contributed by atoms with Crippen molar-refractivity contribution >= 4 is 17.5 Å². The van der Waals surface area contributed by atoms with Gasteiger partial charge in [0.05, 0.1) is 6.54 Å². The Morgan fingerprint density at radius 2 is 1.85 bits per heavy atom. The Labute approximate surface area is 119 Å². The van der Waals surface area contributed by atoms with E-state index in [1.54, 1.807) is 19.2 Å². The van der Waals surface area contributed by atoms with E-state index in [9.17, 15) is 9.59 Å². The topological polar surface area (TPSA) is 49.4 Å². The van der Waals surface area contributed by atoms with Gasteiger partial charge >= 0.3 is 0 Å². The molecule has 0 radical (unpaired) electrons. The van der Waals surface area contributed by atoms with Gasteiger partial charge in [-0.3, -0.25) is 9.59 Å².